The molecule has 0 saturated heterocycles. The van der Waals surface area contributed by atoms with Crippen molar-refractivity contribution in [3.63, 3.8) is 0 Å². The molecule has 3 rings (SSSR count). The van der Waals surface area contributed by atoms with Crippen LogP contribution in [0, 0.1) is 0 Å². The van der Waals surface area contributed by atoms with Crippen LogP contribution in [-0.4, -0.2) is 15.7 Å². The third-order valence-electron chi connectivity index (χ3n) is 3.46. The molecule has 3 aromatic rings. The van der Waals surface area contributed by atoms with E-state index in [-0.39, 0.29) is 5.91 Å². The van der Waals surface area contributed by atoms with Crippen molar-refractivity contribution in [2.24, 2.45) is 0 Å². The summed E-state index contributed by atoms with van der Waals surface area (Å²) in [6.45, 7) is 3.38. The van der Waals surface area contributed by atoms with Crippen molar-refractivity contribution in [2.45, 2.75) is 6.18 Å². The van der Waals surface area contributed by atoms with E-state index in [0.717, 1.165) is 23.6 Å². The van der Waals surface area contributed by atoms with Gasteiger partial charge in [-0.25, -0.2) is 4.68 Å². The molecule has 7 heteroatoms. The van der Waals surface area contributed by atoms with Gasteiger partial charge < -0.3 is 5.32 Å². The second kappa shape index (κ2) is 5.84. The number of hydrogen-bond acceptors (Lipinski definition) is 2. The van der Waals surface area contributed by atoms with Gasteiger partial charge in [-0.05, 0) is 48.5 Å². The molecule has 1 amide bonds. The monoisotopic (exact) mass is 331 g/mol. The fraction of sp³-hybridized carbons (Fsp3) is 0.0588. The molecule has 0 saturated carbocycles. The number of nitrogens with one attached hydrogen (secondary N) is 1. The van der Waals surface area contributed by atoms with Crippen LogP contribution in [0.1, 0.15) is 5.56 Å². The number of hydrogen-bond donors (Lipinski definition) is 1. The average Bonchev–Trinajstić information content (AvgIpc) is 2.97. The highest BCUT2D eigenvalue weighted by atomic mass is 19.4. The molecule has 0 bridgehead atoms. The zero-order valence-electron chi connectivity index (χ0n) is 12.3. The van der Waals surface area contributed by atoms with Gasteiger partial charge in [0.1, 0.15) is 0 Å². The highest BCUT2D eigenvalue weighted by Gasteiger charge is 2.30. The first kappa shape index (κ1) is 15.8. The van der Waals surface area contributed by atoms with Crippen molar-refractivity contribution in [3.05, 3.63) is 66.9 Å². The van der Waals surface area contributed by atoms with Crippen molar-refractivity contribution >= 4 is 22.5 Å². The molecule has 0 aliphatic heterocycles. The van der Waals surface area contributed by atoms with Gasteiger partial charge in [0.2, 0.25) is 5.91 Å². The van der Waals surface area contributed by atoms with E-state index in [0.29, 0.717) is 16.9 Å². The Balaban J connectivity index is 2.01. The Kier molecular flexibility index (Phi) is 3.84. The zero-order chi connectivity index (χ0) is 17.3. The smallest absolute Gasteiger partial charge is 0.322 e. The van der Waals surface area contributed by atoms with E-state index in [1.165, 1.54) is 16.8 Å². The topological polar surface area (TPSA) is 46.9 Å². The first-order valence-electron chi connectivity index (χ1n) is 6.97. The van der Waals surface area contributed by atoms with E-state index in [2.05, 4.69) is 17.0 Å². The van der Waals surface area contributed by atoms with Crippen LogP contribution in [0.5, 0.6) is 0 Å². The molecule has 0 radical (unpaired) electrons. The van der Waals surface area contributed by atoms with Gasteiger partial charge in [-0.1, -0.05) is 6.58 Å². The molecule has 0 unspecified atom stereocenters. The Labute approximate surface area is 135 Å². The summed E-state index contributed by atoms with van der Waals surface area (Å²) in [6, 6.07) is 9.89. The van der Waals surface area contributed by atoms with Crippen LogP contribution in [0.15, 0.2) is 61.3 Å². The van der Waals surface area contributed by atoms with Gasteiger partial charge in [-0.2, -0.15) is 18.3 Å². The van der Waals surface area contributed by atoms with Crippen LogP contribution in [0.25, 0.3) is 16.6 Å². The summed E-state index contributed by atoms with van der Waals surface area (Å²) in [7, 11) is 0. The van der Waals surface area contributed by atoms with Gasteiger partial charge >= 0.3 is 6.18 Å². The minimum atomic E-state index is -4.38. The molecule has 1 heterocycles. The molecule has 1 N–H and O–H groups in total. The highest BCUT2D eigenvalue weighted by Crippen LogP contribution is 2.30. The second-order valence-electron chi connectivity index (χ2n) is 5.07. The van der Waals surface area contributed by atoms with Crippen LogP contribution in [-0.2, 0) is 11.0 Å². The van der Waals surface area contributed by atoms with Gasteiger partial charge in [0.25, 0.3) is 0 Å². The number of amides is 1. The first-order valence-corrected chi connectivity index (χ1v) is 6.97. The molecule has 122 valence electrons. The molecule has 0 fully saturated rings. The van der Waals surface area contributed by atoms with E-state index in [1.807, 2.05) is 0 Å². The Morgan fingerprint density at radius 2 is 1.88 bits per heavy atom. The van der Waals surface area contributed by atoms with Crippen LogP contribution < -0.4 is 5.32 Å². The number of nitrogens with zero attached hydrogens (tertiary/aromatic N) is 2. The van der Waals surface area contributed by atoms with E-state index in [4.69, 9.17) is 0 Å². The van der Waals surface area contributed by atoms with Crippen molar-refractivity contribution in [3.8, 4) is 5.69 Å². The third kappa shape index (κ3) is 3.01. The summed E-state index contributed by atoms with van der Waals surface area (Å²) < 4.78 is 39.5. The molecule has 0 spiro atoms. The summed E-state index contributed by atoms with van der Waals surface area (Å²) in [6.07, 6.45) is -1.63. The van der Waals surface area contributed by atoms with Gasteiger partial charge in [0.05, 0.1) is 23.0 Å². The number of halogens is 3. The molecular weight excluding hydrogens is 319 g/mol. The number of fused-ring (bicyclic) bond motifs is 1. The number of benzene rings is 2. The minimum absolute atomic E-state index is 0.352. The average molecular weight is 331 g/mol. The Morgan fingerprint density at radius 1 is 1.17 bits per heavy atom. The normalized spacial score (nSPS) is 11.5. The summed E-state index contributed by atoms with van der Waals surface area (Å²) in [4.78, 5) is 11.4. The largest absolute Gasteiger partial charge is 0.416 e. The van der Waals surface area contributed by atoms with E-state index >= 15 is 0 Å². The van der Waals surface area contributed by atoms with Gasteiger partial charge in [-0.15, -0.1) is 0 Å². The predicted octanol–water partition coefficient (Wildman–Crippen LogP) is 4.17. The fourth-order valence-corrected chi connectivity index (χ4v) is 2.29. The molecule has 0 aliphatic carbocycles. The Bertz CT molecular complexity index is 911. The standard InChI is InChI=1S/C17H12F3N3O/c1-2-16(24)22-13-6-3-11-10-21-23(15(11)9-13)14-7-4-12(5-8-14)17(18,19)20/h2-10H,1H2,(H,22,24). The van der Waals surface area contributed by atoms with Crippen molar-refractivity contribution < 1.29 is 18.0 Å². The third-order valence-corrected chi connectivity index (χ3v) is 3.46. The summed E-state index contributed by atoms with van der Waals surface area (Å²) in [5.74, 6) is -0.352. The maximum atomic E-state index is 12.7. The minimum Gasteiger partial charge on any atom is -0.322 e. The zero-order valence-corrected chi connectivity index (χ0v) is 12.3. The highest BCUT2D eigenvalue weighted by molar-refractivity contribution is 6.00. The van der Waals surface area contributed by atoms with Crippen molar-refractivity contribution in [1.29, 1.82) is 0 Å². The number of carbonyl (C=O) groups excluding carboxylic acids is 1. The molecular formula is C17H12F3N3O. The first-order chi connectivity index (χ1) is 11.4. The molecule has 1 aromatic heterocycles. The quantitative estimate of drug-likeness (QED) is 0.732. The number of anilines is 1. The van der Waals surface area contributed by atoms with Crippen LogP contribution >= 0.6 is 0 Å². The Morgan fingerprint density at radius 3 is 2.50 bits per heavy atom. The van der Waals surface area contributed by atoms with Gasteiger partial charge in [0, 0.05) is 11.1 Å². The van der Waals surface area contributed by atoms with E-state index < -0.39 is 11.7 Å². The lowest BCUT2D eigenvalue weighted by Crippen LogP contribution is -2.07. The van der Waals surface area contributed by atoms with E-state index in [9.17, 15) is 18.0 Å². The summed E-state index contributed by atoms with van der Waals surface area (Å²) >= 11 is 0. The summed E-state index contributed by atoms with van der Waals surface area (Å²) in [5, 5.41) is 7.63. The predicted molar refractivity (Wildman–Crippen MR) is 84.9 cm³/mol. The molecule has 0 atom stereocenters. The van der Waals surface area contributed by atoms with Crippen LogP contribution in [0.4, 0.5) is 18.9 Å². The number of rotatable bonds is 3. The molecule has 4 nitrogen and oxygen atoms in total. The molecule has 24 heavy (non-hydrogen) atoms. The number of aromatic nitrogens is 2. The lowest BCUT2D eigenvalue weighted by molar-refractivity contribution is -0.137. The summed E-state index contributed by atoms with van der Waals surface area (Å²) in [5.41, 5.74) is 0.976. The molecule has 2 aromatic carbocycles. The maximum absolute atomic E-state index is 12.7. The fourth-order valence-electron chi connectivity index (χ4n) is 2.29. The number of carbonyl (C=O) groups is 1. The maximum Gasteiger partial charge on any atom is 0.416 e. The number of alkyl halides is 3. The lowest BCUT2D eigenvalue weighted by Gasteiger charge is -2.09. The SMILES string of the molecule is C=CC(=O)Nc1ccc2cnn(-c3ccc(C(F)(F)F)cc3)c2c1. The van der Waals surface area contributed by atoms with Gasteiger partial charge in [0.15, 0.2) is 0 Å². The second-order valence-corrected chi connectivity index (χ2v) is 5.07. The van der Waals surface area contributed by atoms with E-state index in [1.54, 1.807) is 24.4 Å². The van der Waals surface area contributed by atoms with Crippen molar-refractivity contribution in [2.75, 3.05) is 5.32 Å². The lowest BCUT2D eigenvalue weighted by atomic mass is 10.2. The van der Waals surface area contributed by atoms with Crippen molar-refractivity contribution in [1.82, 2.24) is 9.78 Å². The van der Waals surface area contributed by atoms with Crippen LogP contribution in [0.2, 0.25) is 0 Å². The molecule has 0 aliphatic rings. The van der Waals surface area contributed by atoms with Gasteiger partial charge in [-0.3, -0.25) is 4.79 Å². The van der Waals surface area contributed by atoms with Crippen LogP contribution in [0.3, 0.4) is 0 Å². The Hall–Kier alpha value is -3.09.